The van der Waals surface area contributed by atoms with E-state index in [4.69, 9.17) is 14.9 Å². The zero-order chi connectivity index (χ0) is 14.5. The Morgan fingerprint density at radius 1 is 1.40 bits per heavy atom. The van der Waals surface area contributed by atoms with Gasteiger partial charge in [0, 0.05) is 0 Å². The Morgan fingerprint density at radius 2 is 2.20 bits per heavy atom. The van der Waals surface area contributed by atoms with Gasteiger partial charge in [-0.15, -0.1) is 0 Å². The lowest BCUT2D eigenvalue weighted by atomic mass is 10.3. The van der Waals surface area contributed by atoms with Gasteiger partial charge < -0.3 is 20.2 Å². The second-order valence-electron chi connectivity index (χ2n) is 4.32. The van der Waals surface area contributed by atoms with E-state index in [1.54, 1.807) is 6.20 Å². The zero-order valence-corrected chi connectivity index (χ0v) is 11.8. The van der Waals surface area contributed by atoms with Gasteiger partial charge in [0.15, 0.2) is 0 Å². The van der Waals surface area contributed by atoms with Crippen LogP contribution in [0.4, 0.5) is 11.9 Å². The summed E-state index contributed by atoms with van der Waals surface area (Å²) in [7, 11) is 0. The van der Waals surface area contributed by atoms with E-state index in [0.717, 1.165) is 12.2 Å². The molecule has 20 heavy (non-hydrogen) atoms. The van der Waals surface area contributed by atoms with Crippen LogP contribution in [0, 0.1) is 6.92 Å². The summed E-state index contributed by atoms with van der Waals surface area (Å²) in [5, 5.41) is 3.05. The smallest absolute Gasteiger partial charge is 0.323 e. The van der Waals surface area contributed by atoms with Crippen LogP contribution in [0.3, 0.4) is 0 Å². The van der Waals surface area contributed by atoms with E-state index in [1.807, 2.05) is 20.8 Å². The molecule has 1 unspecified atom stereocenters. The number of aryl methyl sites for hydroxylation is 1. The predicted octanol–water partition coefficient (Wildman–Crippen LogP) is 1.71. The van der Waals surface area contributed by atoms with E-state index < -0.39 is 0 Å². The summed E-state index contributed by atoms with van der Waals surface area (Å²) in [4.78, 5) is 16.2. The van der Waals surface area contributed by atoms with E-state index in [0.29, 0.717) is 18.4 Å². The third-order valence-electron chi connectivity index (χ3n) is 2.42. The second-order valence-corrected chi connectivity index (χ2v) is 4.32. The van der Waals surface area contributed by atoms with Crippen molar-refractivity contribution in [1.82, 2.24) is 19.9 Å². The SMILES string of the molecule is CCCOc1nc(N)nc(NC(C)c2ncc(C)o2)n1. The number of ether oxygens (including phenoxy) is 1. The van der Waals surface area contributed by atoms with Crippen molar-refractivity contribution in [2.24, 2.45) is 0 Å². The fourth-order valence-electron chi connectivity index (χ4n) is 1.52. The highest BCUT2D eigenvalue weighted by Gasteiger charge is 2.14. The molecule has 0 fully saturated rings. The average Bonchev–Trinajstić information content (AvgIpc) is 2.82. The molecule has 0 radical (unpaired) electrons. The summed E-state index contributed by atoms with van der Waals surface area (Å²) in [6, 6.07) is 0.0159. The van der Waals surface area contributed by atoms with Gasteiger partial charge in [-0.1, -0.05) is 6.92 Å². The fourth-order valence-corrected chi connectivity index (χ4v) is 1.52. The maximum absolute atomic E-state index is 5.63. The van der Waals surface area contributed by atoms with Crippen LogP contribution in [0.5, 0.6) is 6.01 Å². The highest BCUT2D eigenvalue weighted by atomic mass is 16.5. The van der Waals surface area contributed by atoms with Gasteiger partial charge in [-0.2, -0.15) is 15.0 Å². The van der Waals surface area contributed by atoms with Crippen LogP contribution in [0.2, 0.25) is 0 Å². The molecule has 0 spiro atoms. The number of rotatable bonds is 6. The molecule has 0 amide bonds. The molecule has 0 saturated carbocycles. The zero-order valence-electron chi connectivity index (χ0n) is 11.8. The Labute approximate surface area is 116 Å². The number of hydrogen-bond donors (Lipinski definition) is 2. The Bertz CT molecular complexity index is 571. The molecule has 0 aliphatic heterocycles. The Balaban J connectivity index is 2.10. The number of nitrogens with one attached hydrogen (secondary N) is 1. The summed E-state index contributed by atoms with van der Waals surface area (Å²) in [5.74, 6) is 1.73. The highest BCUT2D eigenvalue weighted by molar-refractivity contribution is 5.34. The van der Waals surface area contributed by atoms with Crippen LogP contribution >= 0.6 is 0 Å². The maximum Gasteiger partial charge on any atom is 0.323 e. The van der Waals surface area contributed by atoms with Crippen molar-refractivity contribution in [2.45, 2.75) is 33.2 Å². The molecule has 108 valence electrons. The van der Waals surface area contributed by atoms with Gasteiger partial charge in [0.25, 0.3) is 0 Å². The number of nitrogens with two attached hydrogens (primary N) is 1. The third-order valence-corrected chi connectivity index (χ3v) is 2.42. The minimum atomic E-state index is -0.190. The first kappa shape index (κ1) is 14.0. The molecule has 1 atom stereocenters. The monoisotopic (exact) mass is 278 g/mol. The molecule has 0 aliphatic carbocycles. The number of anilines is 2. The third kappa shape index (κ3) is 3.56. The standard InChI is InChI=1S/C12H18N6O2/c1-4-5-19-12-17-10(13)16-11(18-12)15-8(3)9-14-6-7(2)20-9/h6,8H,4-5H2,1-3H3,(H3,13,15,16,17,18). The molecular formula is C12H18N6O2. The Hall–Kier alpha value is -2.38. The van der Waals surface area contributed by atoms with Crippen molar-refractivity contribution in [3.05, 3.63) is 17.8 Å². The molecule has 8 heteroatoms. The van der Waals surface area contributed by atoms with Crippen molar-refractivity contribution in [3.8, 4) is 6.01 Å². The van der Waals surface area contributed by atoms with Crippen LogP contribution in [-0.2, 0) is 0 Å². The number of nitrogens with zero attached hydrogens (tertiary/aromatic N) is 4. The van der Waals surface area contributed by atoms with E-state index in [1.165, 1.54) is 0 Å². The molecule has 2 aromatic rings. The lowest BCUT2D eigenvalue weighted by Crippen LogP contribution is -2.13. The predicted molar refractivity (Wildman–Crippen MR) is 73.3 cm³/mol. The first-order chi connectivity index (χ1) is 9.58. The summed E-state index contributed by atoms with van der Waals surface area (Å²) >= 11 is 0. The van der Waals surface area contributed by atoms with E-state index in [-0.39, 0.29) is 18.0 Å². The van der Waals surface area contributed by atoms with Gasteiger partial charge in [-0.25, -0.2) is 4.98 Å². The van der Waals surface area contributed by atoms with Gasteiger partial charge in [-0.3, -0.25) is 0 Å². The number of oxazole rings is 1. The highest BCUT2D eigenvalue weighted by Crippen LogP contribution is 2.18. The molecular weight excluding hydrogens is 260 g/mol. The second kappa shape index (κ2) is 6.18. The Morgan fingerprint density at radius 3 is 2.85 bits per heavy atom. The van der Waals surface area contributed by atoms with Crippen LogP contribution in [-0.4, -0.2) is 26.5 Å². The van der Waals surface area contributed by atoms with Gasteiger partial charge in [0.2, 0.25) is 17.8 Å². The maximum atomic E-state index is 5.63. The van der Waals surface area contributed by atoms with Crippen LogP contribution < -0.4 is 15.8 Å². The quantitative estimate of drug-likeness (QED) is 0.821. The molecule has 2 aromatic heterocycles. The normalized spacial score (nSPS) is 12.2. The number of aromatic nitrogens is 4. The summed E-state index contributed by atoms with van der Waals surface area (Å²) in [5.41, 5.74) is 5.63. The summed E-state index contributed by atoms with van der Waals surface area (Å²) in [6.07, 6.45) is 2.52. The first-order valence-corrected chi connectivity index (χ1v) is 6.41. The molecule has 0 aliphatic rings. The average molecular weight is 278 g/mol. The van der Waals surface area contributed by atoms with Crippen molar-refractivity contribution in [3.63, 3.8) is 0 Å². The van der Waals surface area contributed by atoms with Crippen LogP contribution in [0.15, 0.2) is 10.6 Å². The molecule has 2 heterocycles. The van der Waals surface area contributed by atoms with Crippen molar-refractivity contribution >= 4 is 11.9 Å². The summed E-state index contributed by atoms with van der Waals surface area (Å²) < 4.78 is 10.8. The van der Waals surface area contributed by atoms with Crippen molar-refractivity contribution in [2.75, 3.05) is 17.7 Å². The minimum Gasteiger partial charge on any atom is -0.463 e. The van der Waals surface area contributed by atoms with Crippen LogP contribution in [0.1, 0.15) is 38.0 Å². The van der Waals surface area contributed by atoms with Crippen molar-refractivity contribution in [1.29, 1.82) is 0 Å². The summed E-state index contributed by atoms with van der Waals surface area (Å²) in [6.45, 7) is 6.24. The van der Waals surface area contributed by atoms with E-state index >= 15 is 0 Å². The van der Waals surface area contributed by atoms with Gasteiger partial charge >= 0.3 is 6.01 Å². The van der Waals surface area contributed by atoms with E-state index in [2.05, 4.69) is 25.3 Å². The molecule has 3 N–H and O–H groups in total. The largest absolute Gasteiger partial charge is 0.463 e. The van der Waals surface area contributed by atoms with Crippen LogP contribution in [0.25, 0.3) is 0 Å². The van der Waals surface area contributed by atoms with E-state index in [9.17, 15) is 0 Å². The number of hydrogen-bond acceptors (Lipinski definition) is 8. The molecule has 0 bridgehead atoms. The minimum absolute atomic E-state index is 0.101. The first-order valence-electron chi connectivity index (χ1n) is 6.41. The molecule has 8 nitrogen and oxygen atoms in total. The molecule has 0 saturated heterocycles. The molecule has 2 rings (SSSR count). The number of nitrogen functional groups attached to an aromatic ring is 1. The molecule has 0 aromatic carbocycles. The topological polar surface area (TPSA) is 112 Å². The van der Waals surface area contributed by atoms with Gasteiger partial charge in [-0.05, 0) is 20.3 Å². The fraction of sp³-hybridized carbons (Fsp3) is 0.500. The van der Waals surface area contributed by atoms with Gasteiger partial charge in [0.1, 0.15) is 11.8 Å². The van der Waals surface area contributed by atoms with Gasteiger partial charge in [0.05, 0.1) is 12.8 Å². The lowest BCUT2D eigenvalue weighted by Gasteiger charge is -2.11. The van der Waals surface area contributed by atoms with Crippen molar-refractivity contribution < 1.29 is 9.15 Å². The Kier molecular flexibility index (Phi) is 4.34. The lowest BCUT2D eigenvalue weighted by molar-refractivity contribution is 0.292.